The van der Waals surface area contributed by atoms with Gasteiger partial charge in [-0.15, -0.1) is 0 Å². The van der Waals surface area contributed by atoms with Gasteiger partial charge in [0.1, 0.15) is 0 Å². The molecule has 0 bridgehead atoms. The van der Waals surface area contributed by atoms with E-state index in [0.29, 0.717) is 19.3 Å². The van der Waals surface area contributed by atoms with Gasteiger partial charge in [-0.25, -0.2) is 0 Å². The number of rotatable bonds is 10. The molecule has 1 N–H and O–H groups in total. The highest BCUT2D eigenvalue weighted by atomic mass is 16.6. The van der Waals surface area contributed by atoms with Crippen molar-refractivity contribution in [3.63, 3.8) is 0 Å². The van der Waals surface area contributed by atoms with Gasteiger partial charge < -0.3 is 19.5 Å². The molecule has 3 atom stereocenters. The lowest BCUT2D eigenvalue weighted by atomic mass is 9.85. The summed E-state index contributed by atoms with van der Waals surface area (Å²) in [6.07, 6.45) is 2.92. The van der Waals surface area contributed by atoms with Crippen molar-refractivity contribution >= 4 is 0 Å². The number of nitrogens with one attached hydrogen (secondary N) is 1. The summed E-state index contributed by atoms with van der Waals surface area (Å²) in [7, 11) is 0. The molecule has 1 rings (SSSR count). The van der Waals surface area contributed by atoms with E-state index in [-0.39, 0.29) is 18.3 Å². The van der Waals surface area contributed by atoms with Crippen molar-refractivity contribution in [2.24, 2.45) is 0 Å². The average Bonchev–Trinajstić information content (AvgIpc) is 2.33. The van der Waals surface area contributed by atoms with Gasteiger partial charge in [0.05, 0.1) is 31.5 Å². The minimum Gasteiger partial charge on any atom is -0.376 e. The topological polar surface area (TPSA) is 39.7 Å². The van der Waals surface area contributed by atoms with Gasteiger partial charge in [-0.3, -0.25) is 0 Å². The van der Waals surface area contributed by atoms with E-state index in [1.807, 2.05) is 20.8 Å². The van der Waals surface area contributed by atoms with Crippen molar-refractivity contribution in [2.45, 2.75) is 64.9 Å². The van der Waals surface area contributed by atoms with Crippen LogP contribution in [-0.2, 0) is 14.2 Å². The summed E-state index contributed by atoms with van der Waals surface area (Å²) < 4.78 is 17.0. The summed E-state index contributed by atoms with van der Waals surface area (Å²) in [6, 6.07) is 0.459. The molecule has 4 nitrogen and oxygen atoms in total. The normalized spacial score (nSPS) is 27.5. The van der Waals surface area contributed by atoms with Crippen molar-refractivity contribution < 1.29 is 14.2 Å². The van der Waals surface area contributed by atoms with E-state index in [2.05, 4.69) is 12.2 Å². The van der Waals surface area contributed by atoms with Crippen LogP contribution < -0.4 is 5.32 Å². The minimum atomic E-state index is 0.209. The van der Waals surface area contributed by atoms with Crippen molar-refractivity contribution in [3.05, 3.63) is 0 Å². The Morgan fingerprint density at radius 2 is 1.94 bits per heavy atom. The maximum atomic E-state index is 5.81. The second-order valence-corrected chi connectivity index (χ2v) is 5.05. The first-order valence-electron chi connectivity index (χ1n) is 7.27. The predicted molar refractivity (Wildman–Crippen MR) is 72.9 cm³/mol. The molecule has 0 heterocycles. The van der Waals surface area contributed by atoms with E-state index in [0.717, 1.165) is 26.0 Å². The van der Waals surface area contributed by atoms with Crippen LogP contribution in [0.1, 0.15) is 40.5 Å². The van der Waals surface area contributed by atoms with Gasteiger partial charge in [-0.05, 0) is 40.2 Å². The third-order valence-electron chi connectivity index (χ3n) is 3.13. The molecular weight excluding hydrogens is 230 g/mol. The van der Waals surface area contributed by atoms with E-state index in [1.54, 1.807) is 0 Å². The summed E-state index contributed by atoms with van der Waals surface area (Å²) in [5.74, 6) is 0. The summed E-state index contributed by atoms with van der Waals surface area (Å²) in [4.78, 5) is 0. The maximum absolute atomic E-state index is 5.81. The molecule has 0 aromatic heterocycles. The van der Waals surface area contributed by atoms with Gasteiger partial charge in [0.25, 0.3) is 0 Å². The first-order chi connectivity index (χ1) is 8.69. The monoisotopic (exact) mass is 259 g/mol. The van der Waals surface area contributed by atoms with Crippen LogP contribution in [0.25, 0.3) is 0 Å². The highest BCUT2D eigenvalue weighted by molar-refractivity contribution is 4.97. The van der Waals surface area contributed by atoms with Gasteiger partial charge in [0.15, 0.2) is 0 Å². The first kappa shape index (κ1) is 15.9. The Hall–Kier alpha value is -0.160. The number of hydrogen-bond acceptors (Lipinski definition) is 4. The zero-order chi connectivity index (χ0) is 13.4. The van der Waals surface area contributed by atoms with Crippen molar-refractivity contribution in [2.75, 3.05) is 26.4 Å². The fourth-order valence-corrected chi connectivity index (χ4v) is 2.17. The predicted octanol–water partition coefficient (Wildman–Crippen LogP) is 1.97. The Balaban J connectivity index is 2.17. The third-order valence-corrected chi connectivity index (χ3v) is 3.13. The lowest BCUT2D eigenvalue weighted by Crippen LogP contribution is -2.60. The maximum Gasteiger partial charge on any atom is 0.0990 e. The van der Waals surface area contributed by atoms with Crippen molar-refractivity contribution in [3.8, 4) is 0 Å². The van der Waals surface area contributed by atoms with Crippen molar-refractivity contribution in [1.82, 2.24) is 5.32 Å². The van der Waals surface area contributed by atoms with E-state index in [1.165, 1.54) is 0 Å². The fourth-order valence-electron chi connectivity index (χ4n) is 2.17. The number of hydrogen-bond donors (Lipinski definition) is 1. The smallest absolute Gasteiger partial charge is 0.0990 e. The number of ether oxygens (including phenoxy) is 3. The van der Waals surface area contributed by atoms with Gasteiger partial charge in [-0.2, -0.15) is 0 Å². The summed E-state index contributed by atoms with van der Waals surface area (Å²) >= 11 is 0. The van der Waals surface area contributed by atoms with Crippen LogP contribution in [-0.4, -0.2) is 50.7 Å². The van der Waals surface area contributed by atoms with E-state index in [4.69, 9.17) is 14.2 Å². The molecule has 0 saturated heterocycles. The molecule has 108 valence electrons. The lowest BCUT2D eigenvalue weighted by Gasteiger charge is -2.44. The molecule has 1 aliphatic carbocycles. The molecule has 0 aromatic carbocycles. The van der Waals surface area contributed by atoms with Crippen LogP contribution in [0.3, 0.4) is 0 Å². The van der Waals surface area contributed by atoms with Gasteiger partial charge >= 0.3 is 0 Å². The van der Waals surface area contributed by atoms with Crippen LogP contribution in [0.4, 0.5) is 0 Å². The zero-order valence-electron chi connectivity index (χ0n) is 12.3. The molecule has 1 fully saturated rings. The molecule has 0 amide bonds. The molecule has 4 heteroatoms. The molecule has 18 heavy (non-hydrogen) atoms. The van der Waals surface area contributed by atoms with Gasteiger partial charge in [0, 0.05) is 12.6 Å². The highest BCUT2D eigenvalue weighted by Crippen LogP contribution is 2.27. The van der Waals surface area contributed by atoms with E-state index < -0.39 is 0 Å². The van der Waals surface area contributed by atoms with Crippen LogP contribution >= 0.6 is 0 Å². The fraction of sp³-hybridized carbons (Fsp3) is 1.00. The molecule has 0 aromatic rings. The van der Waals surface area contributed by atoms with Crippen LogP contribution in [0, 0.1) is 0 Å². The van der Waals surface area contributed by atoms with Gasteiger partial charge in [-0.1, -0.05) is 6.92 Å². The van der Waals surface area contributed by atoms with E-state index >= 15 is 0 Å². The highest BCUT2D eigenvalue weighted by Gasteiger charge is 2.42. The molecule has 0 aliphatic heterocycles. The van der Waals surface area contributed by atoms with Gasteiger partial charge in [0.2, 0.25) is 0 Å². The third kappa shape index (κ3) is 5.22. The summed E-state index contributed by atoms with van der Waals surface area (Å²) in [5.41, 5.74) is 0. The van der Waals surface area contributed by atoms with Crippen LogP contribution in [0.2, 0.25) is 0 Å². The van der Waals surface area contributed by atoms with Crippen LogP contribution in [0.5, 0.6) is 0 Å². The zero-order valence-corrected chi connectivity index (χ0v) is 12.3. The average molecular weight is 259 g/mol. The Morgan fingerprint density at radius 3 is 2.56 bits per heavy atom. The Labute approximate surface area is 111 Å². The summed E-state index contributed by atoms with van der Waals surface area (Å²) in [5, 5.41) is 3.51. The second kappa shape index (κ2) is 8.86. The van der Waals surface area contributed by atoms with Crippen LogP contribution in [0.15, 0.2) is 0 Å². The molecular formula is C14H29NO3. The molecule has 0 spiro atoms. The lowest BCUT2D eigenvalue weighted by molar-refractivity contribution is -0.152. The minimum absolute atomic E-state index is 0.209. The largest absolute Gasteiger partial charge is 0.376 e. The molecule has 1 aliphatic rings. The van der Waals surface area contributed by atoms with E-state index in [9.17, 15) is 0 Å². The molecule has 3 unspecified atom stereocenters. The first-order valence-corrected chi connectivity index (χ1v) is 7.27. The standard InChI is InChI=1S/C14H29NO3/c1-5-7-15-12-10-13(14(12)16-6-2)18-9-8-17-11(3)4/h11-15H,5-10H2,1-4H3. The second-order valence-electron chi connectivity index (χ2n) is 5.05. The summed E-state index contributed by atoms with van der Waals surface area (Å²) in [6.45, 7) is 11.4. The Bertz CT molecular complexity index is 211. The molecule has 1 saturated carbocycles. The SMILES string of the molecule is CCCNC1CC(OCCOC(C)C)C1OCC. The molecule has 0 radical (unpaired) electrons. The van der Waals surface area contributed by atoms with Crippen molar-refractivity contribution in [1.29, 1.82) is 0 Å². The quantitative estimate of drug-likeness (QED) is 0.609. The Kier molecular flexibility index (Phi) is 7.82. The Morgan fingerprint density at radius 1 is 1.17 bits per heavy atom.